The SMILES string of the molecule is CC(C)(C)[N-][Si](C)(C)[Si](C)(C)[N-]C(C)(C)C.[Cl-].[Cl-].[Sn+4]. The minimum atomic E-state index is -1.58. The summed E-state index contributed by atoms with van der Waals surface area (Å²) in [7, 11) is -3.16. The van der Waals surface area contributed by atoms with E-state index < -0.39 is 15.5 Å². The molecule has 0 rings (SSSR count). The van der Waals surface area contributed by atoms with Crippen LogP contribution in [0.15, 0.2) is 0 Å². The number of hydrogen-bond donors (Lipinski definition) is 0. The fourth-order valence-corrected chi connectivity index (χ4v) is 9.51. The van der Waals surface area contributed by atoms with Crippen LogP contribution in [0, 0.1) is 0 Å². The molecular formula is C12H30Cl2N2Si2Sn. The summed E-state index contributed by atoms with van der Waals surface area (Å²) in [5.41, 5.74) is 0.154. The zero-order valence-corrected chi connectivity index (χ0v) is 20.5. The molecule has 0 aromatic heterocycles. The second-order valence-electron chi connectivity index (χ2n) is 7.68. The summed E-state index contributed by atoms with van der Waals surface area (Å²) in [6, 6.07) is 0. The molecule has 0 saturated heterocycles. The molecule has 0 aliphatic rings. The van der Waals surface area contributed by atoms with Crippen molar-refractivity contribution in [1.29, 1.82) is 0 Å². The van der Waals surface area contributed by atoms with Gasteiger partial charge in [0.25, 0.3) is 0 Å². The molecule has 0 aromatic carbocycles. The van der Waals surface area contributed by atoms with E-state index in [9.17, 15) is 0 Å². The molecule has 0 heterocycles. The fraction of sp³-hybridized carbons (Fsp3) is 1.00. The third-order valence-corrected chi connectivity index (χ3v) is 17.8. The van der Waals surface area contributed by atoms with E-state index in [1.54, 1.807) is 0 Å². The third-order valence-electron chi connectivity index (χ3n) is 2.73. The minimum Gasteiger partial charge on any atom is -1.00 e. The van der Waals surface area contributed by atoms with E-state index in [0.717, 1.165) is 0 Å². The van der Waals surface area contributed by atoms with Gasteiger partial charge in [-0.3, -0.25) is 0 Å². The Morgan fingerprint density at radius 2 is 0.737 bits per heavy atom. The van der Waals surface area contributed by atoms with E-state index in [1.165, 1.54) is 0 Å². The molecule has 2 nitrogen and oxygen atoms in total. The van der Waals surface area contributed by atoms with Gasteiger partial charge in [0.2, 0.25) is 0 Å². The zero-order valence-electron chi connectivity index (χ0n) is 14.2. The first-order chi connectivity index (χ1) is 6.66. The standard InChI is InChI=1S/C12H30N2Si2.2ClH.Sn/c1-11(2,3)13-15(7,8)16(9,10)14-12(4,5)6;;;/h1-10H3;2*1H;/q-2;;;+4/p-2. The summed E-state index contributed by atoms with van der Waals surface area (Å²) in [6.07, 6.45) is 0. The minimum absolute atomic E-state index is 0. The monoisotopic (exact) mass is 448 g/mol. The van der Waals surface area contributed by atoms with E-state index in [4.69, 9.17) is 9.96 Å². The van der Waals surface area contributed by atoms with Gasteiger partial charge < -0.3 is 34.8 Å². The maximum absolute atomic E-state index is 5.10. The van der Waals surface area contributed by atoms with E-state index in [2.05, 4.69) is 67.7 Å². The Morgan fingerprint density at radius 1 is 0.579 bits per heavy atom. The van der Waals surface area contributed by atoms with E-state index in [-0.39, 0.29) is 59.8 Å². The molecule has 0 aromatic rings. The predicted molar refractivity (Wildman–Crippen MR) is 86.9 cm³/mol. The quantitative estimate of drug-likeness (QED) is 0.468. The molecule has 0 aliphatic carbocycles. The van der Waals surface area contributed by atoms with Crippen LogP contribution in [0.25, 0.3) is 9.96 Å². The molecule has 0 unspecified atom stereocenters. The molecular weight excluding hydrogens is 418 g/mol. The summed E-state index contributed by atoms with van der Waals surface area (Å²) in [6.45, 7) is 22.7. The number of rotatable bonds is 3. The summed E-state index contributed by atoms with van der Waals surface area (Å²) in [5, 5.41) is 0. The van der Waals surface area contributed by atoms with Crippen LogP contribution in [0.5, 0.6) is 0 Å². The number of hydrogen-bond acceptors (Lipinski definition) is 0. The van der Waals surface area contributed by atoms with Gasteiger partial charge >= 0.3 is 23.9 Å². The van der Waals surface area contributed by atoms with Crippen LogP contribution in [0.4, 0.5) is 0 Å². The van der Waals surface area contributed by atoms with Crippen molar-refractivity contribution >= 4 is 39.4 Å². The maximum Gasteiger partial charge on any atom is 4.00 e. The summed E-state index contributed by atoms with van der Waals surface area (Å²) >= 11 is 0. The van der Waals surface area contributed by atoms with Crippen LogP contribution in [0.1, 0.15) is 41.5 Å². The van der Waals surface area contributed by atoms with Crippen LogP contribution in [-0.4, -0.2) is 50.5 Å². The summed E-state index contributed by atoms with van der Waals surface area (Å²) < 4.78 is 0. The second-order valence-corrected chi connectivity index (χ2v) is 21.7. The first-order valence-electron chi connectivity index (χ1n) is 6.14. The molecule has 0 saturated carbocycles. The molecule has 0 atom stereocenters. The molecule has 0 spiro atoms. The average Bonchev–Trinajstić information content (AvgIpc) is 1.72. The van der Waals surface area contributed by atoms with Crippen molar-refractivity contribution in [3.05, 3.63) is 9.96 Å². The third kappa shape index (κ3) is 12.0. The average molecular weight is 448 g/mol. The van der Waals surface area contributed by atoms with Gasteiger partial charge in [-0.2, -0.15) is 0 Å². The maximum atomic E-state index is 5.10. The van der Waals surface area contributed by atoms with Gasteiger partial charge in [0.1, 0.15) is 0 Å². The van der Waals surface area contributed by atoms with Gasteiger partial charge in [-0.15, -0.1) is 11.1 Å². The Morgan fingerprint density at radius 3 is 0.842 bits per heavy atom. The molecule has 0 bridgehead atoms. The van der Waals surface area contributed by atoms with Crippen molar-refractivity contribution in [2.45, 2.75) is 78.8 Å². The van der Waals surface area contributed by atoms with Crippen molar-refractivity contribution in [1.82, 2.24) is 0 Å². The van der Waals surface area contributed by atoms with Crippen molar-refractivity contribution < 1.29 is 24.8 Å². The first kappa shape index (κ1) is 28.8. The summed E-state index contributed by atoms with van der Waals surface area (Å²) in [4.78, 5) is 10.2. The first-order valence-corrected chi connectivity index (χ1v) is 13.0. The number of halogens is 2. The molecule has 7 heteroatoms. The van der Waals surface area contributed by atoms with Gasteiger partial charge in [-0.25, -0.2) is 0 Å². The molecule has 19 heavy (non-hydrogen) atoms. The number of nitrogens with zero attached hydrogens (tertiary/aromatic N) is 2. The normalized spacial score (nSPS) is 12.9. The van der Waals surface area contributed by atoms with Crippen molar-refractivity contribution in [2.75, 3.05) is 0 Å². The Labute approximate surface area is 152 Å². The Balaban J connectivity index is -0.000000375. The van der Waals surface area contributed by atoms with Gasteiger partial charge in [0.15, 0.2) is 0 Å². The van der Waals surface area contributed by atoms with Crippen molar-refractivity contribution in [3.63, 3.8) is 0 Å². The molecule has 0 radical (unpaired) electrons. The van der Waals surface area contributed by atoms with Crippen LogP contribution in [-0.2, 0) is 0 Å². The fourth-order valence-electron chi connectivity index (χ4n) is 1.95. The smallest absolute Gasteiger partial charge is 1.00 e. The molecule has 0 aliphatic heterocycles. The Bertz CT molecular complexity index is 223. The summed E-state index contributed by atoms with van der Waals surface area (Å²) in [5.74, 6) is 0. The molecule has 114 valence electrons. The predicted octanol–water partition coefficient (Wildman–Crippen LogP) is -1.55. The van der Waals surface area contributed by atoms with Crippen molar-refractivity contribution in [3.8, 4) is 0 Å². The van der Waals surface area contributed by atoms with Gasteiger partial charge in [0.05, 0.1) is 0 Å². The van der Waals surface area contributed by atoms with E-state index in [1.807, 2.05) is 0 Å². The van der Waals surface area contributed by atoms with E-state index in [0.29, 0.717) is 0 Å². The van der Waals surface area contributed by atoms with Gasteiger partial charge in [-0.1, -0.05) is 83.2 Å². The molecule has 0 amide bonds. The Kier molecular flexibility index (Phi) is 13.7. The molecule has 0 fully saturated rings. The van der Waals surface area contributed by atoms with Gasteiger partial charge in [-0.05, 0) is 0 Å². The Hall–Kier alpha value is 1.73. The largest absolute Gasteiger partial charge is 4.00 e. The topological polar surface area (TPSA) is 28.2 Å². The van der Waals surface area contributed by atoms with Crippen molar-refractivity contribution in [2.24, 2.45) is 0 Å². The van der Waals surface area contributed by atoms with Crippen LogP contribution in [0.3, 0.4) is 0 Å². The zero-order chi connectivity index (χ0) is 13.4. The van der Waals surface area contributed by atoms with Crippen LogP contribution in [0.2, 0.25) is 26.2 Å². The second kappa shape index (κ2) is 9.00. The van der Waals surface area contributed by atoms with Crippen LogP contribution >= 0.6 is 0 Å². The van der Waals surface area contributed by atoms with E-state index >= 15 is 0 Å². The van der Waals surface area contributed by atoms with Crippen LogP contribution < -0.4 is 24.8 Å². The van der Waals surface area contributed by atoms with Gasteiger partial charge in [0, 0.05) is 0 Å². The molecule has 0 N–H and O–H groups in total.